The highest BCUT2D eigenvalue weighted by Crippen LogP contribution is 2.47. The molecule has 0 fully saturated rings. The second-order valence-corrected chi connectivity index (χ2v) is 6.41. The fraction of sp³-hybridized carbons (Fsp3) is 0.312. The molecule has 20 heavy (non-hydrogen) atoms. The number of alkyl halides is 1. The maximum absolute atomic E-state index is 12.7. The molecule has 2 nitrogen and oxygen atoms in total. The Labute approximate surface area is 127 Å². The quantitative estimate of drug-likeness (QED) is 0.774. The van der Waals surface area contributed by atoms with Crippen molar-refractivity contribution in [2.45, 2.75) is 23.6 Å². The van der Waals surface area contributed by atoms with Crippen LogP contribution >= 0.6 is 23.4 Å². The average molecular weight is 307 g/mol. The number of hydrogen-bond acceptors (Lipinski definition) is 3. The Morgan fingerprint density at radius 2 is 2.15 bits per heavy atom. The summed E-state index contributed by atoms with van der Waals surface area (Å²) in [5, 5.41) is -0.299. The standard InChI is InChI=1S/C16H15ClO2S/c1-2-9-19-12-8-7-11(17)14-15(18)10-5-3-4-6-13(10)20-16(12)14/h3-8,11,14H,2,9H2,1H3. The maximum atomic E-state index is 12.7. The number of ether oxygens (including phenoxy) is 1. The van der Waals surface area contributed by atoms with Gasteiger partial charge in [0, 0.05) is 15.4 Å². The predicted octanol–water partition coefficient (Wildman–Crippen LogP) is 4.41. The molecular weight excluding hydrogens is 292 g/mol. The van der Waals surface area contributed by atoms with Crippen LogP contribution in [0.25, 0.3) is 0 Å². The summed E-state index contributed by atoms with van der Waals surface area (Å²) in [6, 6.07) is 7.68. The van der Waals surface area contributed by atoms with Crippen LogP contribution in [-0.2, 0) is 4.74 Å². The van der Waals surface area contributed by atoms with Gasteiger partial charge in [0.1, 0.15) is 5.76 Å². The number of benzene rings is 1. The molecule has 4 heteroatoms. The number of hydrogen-bond donors (Lipinski definition) is 0. The summed E-state index contributed by atoms with van der Waals surface area (Å²) >= 11 is 7.95. The Morgan fingerprint density at radius 3 is 2.95 bits per heavy atom. The molecule has 3 rings (SSSR count). The van der Waals surface area contributed by atoms with Crippen molar-refractivity contribution >= 4 is 29.1 Å². The van der Waals surface area contributed by atoms with Crippen molar-refractivity contribution in [3.63, 3.8) is 0 Å². The lowest BCUT2D eigenvalue weighted by molar-refractivity contribution is 0.0935. The molecule has 0 aromatic heterocycles. The minimum atomic E-state index is -0.312. The van der Waals surface area contributed by atoms with Gasteiger partial charge < -0.3 is 4.74 Å². The Bertz CT molecular complexity index is 606. The molecule has 1 aromatic rings. The van der Waals surface area contributed by atoms with E-state index in [4.69, 9.17) is 16.3 Å². The molecule has 1 aromatic carbocycles. The third kappa shape index (κ3) is 2.29. The van der Waals surface area contributed by atoms with Gasteiger partial charge >= 0.3 is 0 Å². The minimum absolute atomic E-state index is 0.0938. The van der Waals surface area contributed by atoms with E-state index in [0.29, 0.717) is 6.61 Å². The molecule has 1 aliphatic carbocycles. The zero-order chi connectivity index (χ0) is 14.1. The fourth-order valence-corrected chi connectivity index (χ4v) is 4.08. The Hall–Kier alpha value is -1.19. The van der Waals surface area contributed by atoms with Crippen molar-refractivity contribution in [1.29, 1.82) is 0 Å². The molecule has 0 spiro atoms. The minimum Gasteiger partial charge on any atom is -0.493 e. The third-order valence-corrected chi connectivity index (χ3v) is 5.04. The van der Waals surface area contributed by atoms with Crippen LogP contribution in [0.3, 0.4) is 0 Å². The topological polar surface area (TPSA) is 26.3 Å². The first-order chi connectivity index (χ1) is 9.72. The second kappa shape index (κ2) is 5.66. The van der Waals surface area contributed by atoms with Crippen molar-refractivity contribution in [2.24, 2.45) is 5.92 Å². The first kappa shape index (κ1) is 13.8. The summed E-state index contributed by atoms with van der Waals surface area (Å²) < 4.78 is 5.77. The number of fused-ring (bicyclic) bond motifs is 2. The van der Waals surface area contributed by atoms with Crippen LogP contribution in [0.2, 0.25) is 0 Å². The maximum Gasteiger partial charge on any atom is 0.173 e. The lowest BCUT2D eigenvalue weighted by atomic mass is 9.90. The van der Waals surface area contributed by atoms with E-state index in [2.05, 4.69) is 6.92 Å². The van der Waals surface area contributed by atoms with Crippen molar-refractivity contribution < 1.29 is 9.53 Å². The van der Waals surface area contributed by atoms with Gasteiger partial charge in [-0.2, -0.15) is 0 Å². The number of allylic oxidation sites excluding steroid dienone is 3. The van der Waals surface area contributed by atoms with E-state index in [9.17, 15) is 4.79 Å². The summed E-state index contributed by atoms with van der Waals surface area (Å²) in [6.45, 7) is 2.72. The van der Waals surface area contributed by atoms with Crippen molar-refractivity contribution in [3.05, 3.63) is 52.6 Å². The van der Waals surface area contributed by atoms with Gasteiger partial charge in [0.05, 0.1) is 17.9 Å². The van der Waals surface area contributed by atoms with Gasteiger partial charge in [0.2, 0.25) is 0 Å². The zero-order valence-corrected chi connectivity index (χ0v) is 12.7. The number of thioether (sulfide) groups is 1. The van der Waals surface area contributed by atoms with Crippen LogP contribution in [0.15, 0.2) is 52.0 Å². The van der Waals surface area contributed by atoms with Crippen molar-refractivity contribution in [2.75, 3.05) is 6.61 Å². The van der Waals surface area contributed by atoms with E-state index < -0.39 is 0 Å². The number of rotatable bonds is 3. The summed E-state index contributed by atoms with van der Waals surface area (Å²) in [7, 11) is 0. The van der Waals surface area contributed by atoms with Crippen LogP contribution < -0.4 is 0 Å². The van der Waals surface area contributed by atoms with Crippen molar-refractivity contribution in [1.82, 2.24) is 0 Å². The molecular formula is C16H15ClO2S. The van der Waals surface area contributed by atoms with Crippen LogP contribution in [-0.4, -0.2) is 17.8 Å². The van der Waals surface area contributed by atoms with E-state index in [1.54, 1.807) is 11.8 Å². The van der Waals surface area contributed by atoms with Gasteiger partial charge in [-0.05, 0) is 18.6 Å². The van der Waals surface area contributed by atoms with E-state index in [1.807, 2.05) is 36.4 Å². The third-order valence-electron chi connectivity index (χ3n) is 3.39. The molecule has 2 atom stereocenters. The lowest BCUT2D eigenvalue weighted by Gasteiger charge is -2.31. The number of halogens is 1. The SMILES string of the molecule is CCCOC1=C2Sc3ccccc3C(=O)C2C(Cl)C=C1. The number of Topliss-reactive ketones (excluding diaryl/α,β-unsaturated/α-hetero) is 1. The van der Waals surface area contributed by atoms with Gasteiger partial charge in [0.15, 0.2) is 5.78 Å². The molecule has 104 valence electrons. The summed E-state index contributed by atoms with van der Waals surface area (Å²) in [6.07, 6.45) is 4.69. The largest absolute Gasteiger partial charge is 0.493 e. The molecule has 1 aliphatic heterocycles. The van der Waals surface area contributed by atoms with Crippen LogP contribution in [0, 0.1) is 5.92 Å². The normalized spacial score (nSPS) is 24.4. The lowest BCUT2D eigenvalue weighted by Crippen LogP contribution is -2.30. The smallest absolute Gasteiger partial charge is 0.173 e. The van der Waals surface area contributed by atoms with Gasteiger partial charge in [0.25, 0.3) is 0 Å². The Kier molecular flexibility index (Phi) is 3.90. The molecule has 0 bridgehead atoms. The van der Waals surface area contributed by atoms with Crippen LogP contribution in [0.5, 0.6) is 0 Å². The Balaban J connectivity index is 2.05. The van der Waals surface area contributed by atoms with Gasteiger partial charge in [-0.15, -0.1) is 11.6 Å². The second-order valence-electron chi connectivity index (χ2n) is 4.82. The Morgan fingerprint density at radius 1 is 1.35 bits per heavy atom. The highest BCUT2D eigenvalue weighted by molar-refractivity contribution is 8.03. The highest BCUT2D eigenvalue weighted by Gasteiger charge is 2.39. The summed E-state index contributed by atoms with van der Waals surface area (Å²) in [5.74, 6) is 0.575. The van der Waals surface area contributed by atoms with E-state index in [-0.39, 0.29) is 17.1 Å². The number of ketones is 1. The van der Waals surface area contributed by atoms with Crippen molar-refractivity contribution in [3.8, 4) is 0 Å². The first-order valence-electron chi connectivity index (χ1n) is 6.72. The molecule has 0 amide bonds. The molecule has 0 saturated heterocycles. The summed E-state index contributed by atoms with van der Waals surface area (Å²) in [4.78, 5) is 14.6. The zero-order valence-electron chi connectivity index (χ0n) is 11.1. The van der Waals surface area contributed by atoms with E-state index >= 15 is 0 Å². The number of carbonyl (C=O) groups is 1. The first-order valence-corrected chi connectivity index (χ1v) is 7.98. The average Bonchev–Trinajstić information content (AvgIpc) is 2.47. The van der Waals surface area contributed by atoms with Gasteiger partial charge in [-0.1, -0.05) is 43.0 Å². The molecule has 2 aliphatic rings. The van der Waals surface area contributed by atoms with Gasteiger partial charge in [-0.25, -0.2) is 0 Å². The number of carbonyl (C=O) groups excluding carboxylic acids is 1. The molecule has 0 N–H and O–H groups in total. The molecule has 0 saturated carbocycles. The van der Waals surface area contributed by atoms with Gasteiger partial charge in [-0.3, -0.25) is 4.79 Å². The molecule has 0 radical (unpaired) electrons. The van der Waals surface area contributed by atoms with Crippen LogP contribution in [0.4, 0.5) is 0 Å². The monoisotopic (exact) mass is 306 g/mol. The predicted molar refractivity (Wildman–Crippen MR) is 82.2 cm³/mol. The van der Waals surface area contributed by atoms with E-state index in [1.165, 1.54) is 0 Å². The molecule has 2 unspecified atom stereocenters. The van der Waals surface area contributed by atoms with E-state index in [0.717, 1.165) is 27.5 Å². The van der Waals surface area contributed by atoms with Crippen LogP contribution in [0.1, 0.15) is 23.7 Å². The summed E-state index contributed by atoms with van der Waals surface area (Å²) in [5.41, 5.74) is 0.766. The molecule has 1 heterocycles. The highest BCUT2D eigenvalue weighted by atomic mass is 35.5. The fourth-order valence-electron chi connectivity index (χ4n) is 2.42.